The molecular weight excluding hydrogens is 390 g/mol. The van der Waals surface area contributed by atoms with Crippen LogP contribution in [0.1, 0.15) is 46.9 Å². The number of pyridine rings is 2. The van der Waals surface area contributed by atoms with Gasteiger partial charge >= 0.3 is 0 Å². The summed E-state index contributed by atoms with van der Waals surface area (Å²) in [5.74, 6) is -0.470. The van der Waals surface area contributed by atoms with E-state index in [4.69, 9.17) is 0 Å². The van der Waals surface area contributed by atoms with Gasteiger partial charge in [0.25, 0.3) is 5.91 Å². The number of aromatic nitrogens is 2. The van der Waals surface area contributed by atoms with Gasteiger partial charge in [0.15, 0.2) is 5.43 Å². The summed E-state index contributed by atoms with van der Waals surface area (Å²) in [6.45, 7) is 5.53. The lowest BCUT2D eigenvalue weighted by atomic mass is 10.0. The highest BCUT2D eigenvalue weighted by molar-refractivity contribution is 5.95. The molecule has 0 aliphatic rings. The Hall–Kier alpha value is -3.25. The van der Waals surface area contributed by atoms with Crippen LogP contribution in [-0.4, -0.2) is 32.7 Å². The number of carbonyl (C=O) groups is 1. The standard InChI is InChI=1S/C25H29N3O3/c1-18-15-22(30)23(24(31)27-25(2,3)17-29)21(13-12-19-9-5-4-6-10-19)28(18)16-20-11-7-8-14-26-20/h4-11,14-15,29H,12-13,16-17H2,1-3H3,(H,27,31). The minimum absolute atomic E-state index is 0.124. The molecule has 0 saturated carbocycles. The van der Waals surface area contributed by atoms with E-state index >= 15 is 0 Å². The summed E-state index contributed by atoms with van der Waals surface area (Å²) in [4.78, 5) is 30.5. The number of benzene rings is 1. The third-order valence-electron chi connectivity index (χ3n) is 5.24. The number of nitrogens with zero attached hydrogens (tertiary/aromatic N) is 2. The highest BCUT2D eigenvalue weighted by Crippen LogP contribution is 2.16. The number of rotatable bonds is 8. The maximum Gasteiger partial charge on any atom is 0.257 e. The van der Waals surface area contributed by atoms with E-state index in [0.717, 1.165) is 17.0 Å². The van der Waals surface area contributed by atoms with Gasteiger partial charge in [-0.05, 0) is 51.3 Å². The topological polar surface area (TPSA) is 84.2 Å². The average molecular weight is 420 g/mol. The Labute approximate surface area is 182 Å². The second kappa shape index (κ2) is 9.71. The molecule has 6 nitrogen and oxygen atoms in total. The van der Waals surface area contributed by atoms with Crippen LogP contribution in [0.4, 0.5) is 0 Å². The highest BCUT2D eigenvalue weighted by Gasteiger charge is 2.25. The van der Waals surface area contributed by atoms with Gasteiger partial charge in [-0.15, -0.1) is 0 Å². The third kappa shape index (κ3) is 5.67. The van der Waals surface area contributed by atoms with Crippen molar-refractivity contribution in [1.29, 1.82) is 0 Å². The number of carbonyl (C=O) groups excluding carboxylic acids is 1. The molecule has 2 heterocycles. The molecule has 0 saturated heterocycles. The largest absolute Gasteiger partial charge is 0.394 e. The van der Waals surface area contributed by atoms with E-state index < -0.39 is 11.4 Å². The first kappa shape index (κ1) is 22.4. The first-order valence-electron chi connectivity index (χ1n) is 10.4. The molecule has 2 aromatic heterocycles. The van der Waals surface area contributed by atoms with Crippen molar-refractivity contribution in [2.24, 2.45) is 0 Å². The van der Waals surface area contributed by atoms with Crippen molar-refractivity contribution >= 4 is 5.91 Å². The van der Waals surface area contributed by atoms with Crippen LogP contribution in [0.15, 0.2) is 65.6 Å². The molecule has 0 spiro atoms. The normalized spacial score (nSPS) is 11.4. The predicted octanol–water partition coefficient (Wildman–Crippen LogP) is 2.89. The molecule has 1 aromatic carbocycles. The minimum Gasteiger partial charge on any atom is -0.394 e. The van der Waals surface area contributed by atoms with E-state index in [0.29, 0.717) is 25.1 Å². The van der Waals surface area contributed by atoms with E-state index in [-0.39, 0.29) is 17.6 Å². The molecule has 0 aliphatic heterocycles. The van der Waals surface area contributed by atoms with Crippen molar-refractivity contribution in [3.05, 3.63) is 99.2 Å². The van der Waals surface area contributed by atoms with E-state index in [1.54, 1.807) is 20.0 Å². The second-order valence-corrected chi connectivity index (χ2v) is 8.36. The molecule has 6 heteroatoms. The van der Waals surface area contributed by atoms with Crippen LogP contribution in [0, 0.1) is 6.92 Å². The number of hydrogen-bond acceptors (Lipinski definition) is 4. The lowest BCUT2D eigenvalue weighted by Gasteiger charge is -2.25. The summed E-state index contributed by atoms with van der Waals surface area (Å²) in [6.07, 6.45) is 2.94. The average Bonchev–Trinajstić information content (AvgIpc) is 2.75. The molecular formula is C25H29N3O3. The van der Waals surface area contributed by atoms with Crippen molar-refractivity contribution in [3.8, 4) is 0 Å². The van der Waals surface area contributed by atoms with Crippen LogP contribution in [0.25, 0.3) is 0 Å². The number of aryl methyl sites for hydroxylation is 2. The predicted molar refractivity (Wildman–Crippen MR) is 121 cm³/mol. The number of aliphatic hydroxyl groups is 1. The Bertz CT molecular complexity index is 1090. The van der Waals surface area contributed by atoms with Gasteiger partial charge in [0, 0.05) is 23.7 Å². The highest BCUT2D eigenvalue weighted by atomic mass is 16.3. The molecule has 162 valence electrons. The molecule has 0 aliphatic carbocycles. The molecule has 0 bridgehead atoms. The van der Waals surface area contributed by atoms with E-state index in [1.165, 1.54) is 6.07 Å². The molecule has 3 rings (SSSR count). The Morgan fingerprint density at radius 1 is 1.10 bits per heavy atom. The van der Waals surface area contributed by atoms with E-state index in [1.807, 2.05) is 60.0 Å². The number of hydrogen-bond donors (Lipinski definition) is 2. The summed E-state index contributed by atoms with van der Waals surface area (Å²) >= 11 is 0. The Morgan fingerprint density at radius 3 is 2.45 bits per heavy atom. The smallest absolute Gasteiger partial charge is 0.257 e. The zero-order chi connectivity index (χ0) is 22.4. The first-order chi connectivity index (χ1) is 14.8. The molecule has 1 amide bonds. The SMILES string of the molecule is Cc1cc(=O)c(C(=O)NC(C)(C)CO)c(CCc2ccccc2)n1Cc1ccccn1. The Kier molecular flexibility index (Phi) is 7.02. The number of aliphatic hydroxyl groups excluding tert-OH is 1. The fourth-order valence-corrected chi connectivity index (χ4v) is 3.52. The van der Waals surface area contributed by atoms with Gasteiger partial charge < -0.3 is 15.0 Å². The lowest BCUT2D eigenvalue weighted by Crippen LogP contribution is -2.48. The van der Waals surface area contributed by atoms with Crippen LogP contribution in [0.5, 0.6) is 0 Å². The van der Waals surface area contributed by atoms with Gasteiger partial charge in [0.2, 0.25) is 0 Å². The van der Waals surface area contributed by atoms with Gasteiger partial charge in [0.05, 0.1) is 24.4 Å². The Morgan fingerprint density at radius 2 is 1.81 bits per heavy atom. The van der Waals surface area contributed by atoms with E-state index in [2.05, 4.69) is 10.3 Å². The third-order valence-corrected chi connectivity index (χ3v) is 5.24. The zero-order valence-corrected chi connectivity index (χ0v) is 18.3. The van der Waals surface area contributed by atoms with Crippen LogP contribution in [0.2, 0.25) is 0 Å². The molecule has 0 radical (unpaired) electrons. The van der Waals surface area contributed by atoms with Crippen LogP contribution >= 0.6 is 0 Å². The number of amides is 1. The van der Waals surface area contributed by atoms with E-state index in [9.17, 15) is 14.7 Å². The number of nitrogens with one attached hydrogen (secondary N) is 1. The van der Waals surface area contributed by atoms with Crippen LogP contribution in [-0.2, 0) is 19.4 Å². The van der Waals surface area contributed by atoms with Crippen molar-refractivity contribution in [3.63, 3.8) is 0 Å². The molecule has 0 fully saturated rings. The lowest BCUT2D eigenvalue weighted by molar-refractivity contribution is 0.0866. The fourth-order valence-electron chi connectivity index (χ4n) is 3.52. The van der Waals surface area contributed by atoms with Crippen LogP contribution in [0.3, 0.4) is 0 Å². The second-order valence-electron chi connectivity index (χ2n) is 8.36. The Balaban J connectivity index is 2.08. The monoisotopic (exact) mass is 419 g/mol. The minimum atomic E-state index is -0.836. The fraction of sp³-hybridized carbons (Fsp3) is 0.320. The molecule has 2 N–H and O–H groups in total. The summed E-state index contributed by atoms with van der Waals surface area (Å²) in [5, 5.41) is 12.4. The van der Waals surface area contributed by atoms with Crippen molar-refractivity contribution in [2.75, 3.05) is 6.61 Å². The maximum atomic E-state index is 13.1. The first-order valence-corrected chi connectivity index (χ1v) is 10.4. The summed E-state index contributed by atoms with van der Waals surface area (Å²) < 4.78 is 1.99. The summed E-state index contributed by atoms with van der Waals surface area (Å²) in [5.41, 5.74) is 2.39. The van der Waals surface area contributed by atoms with Gasteiger partial charge in [-0.3, -0.25) is 14.6 Å². The van der Waals surface area contributed by atoms with Gasteiger partial charge in [-0.2, -0.15) is 0 Å². The zero-order valence-electron chi connectivity index (χ0n) is 18.3. The summed E-state index contributed by atoms with van der Waals surface area (Å²) in [6, 6.07) is 17.2. The quantitative estimate of drug-likeness (QED) is 0.588. The summed E-state index contributed by atoms with van der Waals surface area (Å²) in [7, 11) is 0. The van der Waals surface area contributed by atoms with Gasteiger partial charge in [-0.1, -0.05) is 36.4 Å². The van der Waals surface area contributed by atoms with Crippen molar-refractivity contribution < 1.29 is 9.90 Å². The molecule has 31 heavy (non-hydrogen) atoms. The molecule has 0 atom stereocenters. The maximum absolute atomic E-state index is 13.1. The van der Waals surface area contributed by atoms with Crippen molar-refractivity contribution in [1.82, 2.24) is 14.9 Å². The van der Waals surface area contributed by atoms with Gasteiger partial charge in [0.1, 0.15) is 5.56 Å². The molecule has 3 aromatic rings. The molecule has 0 unspecified atom stereocenters. The van der Waals surface area contributed by atoms with Crippen LogP contribution < -0.4 is 10.7 Å². The van der Waals surface area contributed by atoms with Crippen molar-refractivity contribution in [2.45, 2.75) is 45.7 Å². The van der Waals surface area contributed by atoms with Gasteiger partial charge in [-0.25, -0.2) is 0 Å².